The van der Waals surface area contributed by atoms with E-state index in [0.717, 1.165) is 5.56 Å². The second kappa shape index (κ2) is 7.12. The average Bonchev–Trinajstić information content (AvgIpc) is 3.27. The molecule has 5 nitrogen and oxygen atoms in total. The lowest BCUT2D eigenvalue weighted by Crippen LogP contribution is -2.27. The van der Waals surface area contributed by atoms with Gasteiger partial charge in [-0.05, 0) is 37.1 Å². The predicted molar refractivity (Wildman–Crippen MR) is 98.4 cm³/mol. The minimum atomic E-state index is -0.505. The van der Waals surface area contributed by atoms with Crippen LogP contribution in [0.25, 0.3) is 11.4 Å². The summed E-state index contributed by atoms with van der Waals surface area (Å²) < 4.78 is 18.8. The highest BCUT2D eigenvalue weighted by atomic mass is 35.5. The molecule has 0 spiro atoms. The van der Waals surface area contributed by atoms with Gasteiger partial charge in [0, 0.05) is 18.5 Å². The number of hydrogen-bond donors (Lipinski definition) is 0. The predicted octanol–water partition coefficient (Wildman–Crippen LogP) is 4.70. The highest BCUT2D eigenvalue weighted by Crippen LogP contribution is 2.34. The van der Waals surface area contributed by atoms with Crippen molar-refractivity contribution in [2.24, 2.45) is 0 Å². The summed E-state index contributed by atoms with van der Waals surface area (Å²) >= 11 is 5.83. The van der Waals surface area contributed by atoms with E-state index in [9.17, 15) is 9.18 Å². The molecule has 1 aromatic heterocycles. The smallest absolute Gasteiger partial charge is 0.249 e. The minimum Gasteiger partial charge on any atom is -0.337 e. The number of likely N-dealkylation sites (tertiary alicyclic amines) is 1. The van der Waals surface area contributed by atoms with E-state index >= 15 is 0 Å². The van der Waals surface area contributed by atoms with Gasteiger partial charge in [0.2, 0.25) is 17.6 Å². The third kappa shape index (κ3) is 3.57. The Bertz CT molecular complexity index is 987. The lowest BCUT2D eigenvalue weighted by atomic mass is 10.1. The first-order chi connectivity index (χ1) is 13.0. The van der Waals surface area contributed by atoms with Gasteiger partial charge >= 0.3 is 0 Å². The van der Waals surface area contributed by atoms with Crippen molar-refractivity contribution in [3.8, 4) is 11.4 Å². The van der Waals surface area contributed by atoms with Crippen molar-refractivity contribution < 1.29 is 13.7 Å². The van der Waals surface area contributed by atoms with Crippen molar-refractivity contribution in [3.63, 3.8) is 0 Å². The van der Waals surface area contributed by atoms with Gasteiger partial charge in [-0.1, -0.05) is 46.6 Å². The lowest BCUT2D eigenvalue weighted by molar-refractivity contribution is -0.129. The number of aryl methyl sites for hydroxylation is 1. The van der Waals surface area contributed by atoms with Crippen molar-refractivity contribution in [1.29, 1.82) is 0 Å². The van der Waals surface area contributed by atoms with Gasteiger partial charge in [-0.3, -0.25) is 4.79 Å². The fourth-order valence-corrected chi connectivity index (χ4v) is 3.38. The van der Waals surface area contributed by atoms with Crippen LogP contribution in [0.3, 0.4) is 0 Å². The summed E-state index contributed by atoms with van der Waals surface area (Å²) in [5.41, 5.74) is 2.78. The molecule has 0 bridgehead atoms. The van der Waals surface area contributed by atoms with E-state index in [0.29, 0.717) is 36.7 Å². The maximum absolute atomic E-state index is 13.4. The van der Waals surface area contributed by atoms with Gasteiger partial charge in [0.25, 0.3) is 0 Å². The zero-order valence-electron chi connectivity index (χ0n) is 14.7. The average molecular weight is 386 g/mol. The molecule has 138 valence electrons. The number of amides is 1. The number of rotatable bonds is 4. The van der Waals surface area contributed by atoms with Crippen LogP contribution in [0.5, 0.6) is 0 Å². The first-order valence-corrected chi connectivity index (χ1v) is 9.03. The van der Waals surface area contributed by atoms with Crippen LogP contribution >= 0.6 is 11.6 Å². The number of carbonyl (C=O) groups is 1. The maximum atomic E-state index is 13.4. The monoisotopic (exact) mass is 385 g/mol. The standard InChI is InChI=1S/C20H17ClFN3O2/c1-12-2-4-13(5-3-12)11-25-17(8-9-18(25)26)20-23-19(24-27-20)14-6-7-16(22)15(21)10-14/h2-7,10,17H,8-9,11H2,1H3. The van der Waals surface area contributed by atoms with E-state index in [2.05, 4.69) is 10.1 Å². The second-order valence-corrected chi connectivity index (χ2v) is 7.05. The molecule has 0 N–H and O–H groups in total. The Kier molecular flexibility index (Phi) is 4.66. The van der Waals surface area contributed by atoms with Gasteiger partial charge in [-0.15, -0.1) is 0 Å². The zero-order valence-corrected chi connectivity index (χ0v) is 15.4. The molecule has 1 atom stereocenters. The van der Waals surface area contributed by atoms with Crippen molar-refractivity contribution in [1.82, 2.24) is 15.0 Å². The fraction of sp³-hybridized carbons (Fsp3) is 0.250. The Labute approximate surface area is 160 Å². The summed E-state index contributed by atoms with van der Waals surface area (Å²) in [6.07, 6.45) is 1.06. The van der Waals surface area contributed by atoms with Crippen LogP contribution in [0.15, 0.2) is 47.0 Å². The van der Waals surface area contributed by atoms with Crippen molar-refractivity contribution >= 4 is 17.5 Å². The molecule has 1 saturated heterocycles. The van der Waals surface area contributed by atoms with E-state index in [4.69, 9.17) is 16.1 Å². The Morgan fingerprint density at radius 2 is 2.04 bits per heavy atom. The molecule has 3 aromatic rings. The number of halogens is 2. The van der Waals surface area contributed by atoms with Crippen LogP contribution in [0, 0.1) is 12.7 Å². The molecule has 0 radical (unpaired) electrons. The minimum absolute atomic E-state index is 0.00380. The summed E-state index contributed by atoms with van der Waals surface area (Å²) in [5.74, 6) is 0.255. The Hall–Kier alpha value is -2.73. The van der Waals surface area contributed by atoms with E-state index in [-0.39, 0.29) is 17.0 Å². The highest BCUT2D eigenvalue weighted by Gasteiger charge is 2.36. The molecule has 1 aliphatic rings. The van der Waals surface area contributed by atoms with Gasteiger partial charge in [-0.2, -0.15) is 4.98 Å². The lowest BCUT2D eigenvalue weighted by Gasteiger charge is -2.22. The van der Waals surface area contributed by atoms with E-state index < -0.39 is 5.82 Å². The van der Waals surface area contributed by atoms with E-state index in [1.54, 1.807) is 11.0 Å². The molecule has 0 saturated carbocycles. The molecular weight excluding hydrogens is 369 g/mol. The SMILES string of the molecule is Cc1ccc(CN2C(=O)CCC2c2nc(-c3ccc(F)c(Cl)c3)no2)cc1. The molecule has 1 aliphatic heterocycles. The first kappa shape index (κ1) is 17.7. The van der Waals surface area contributed by atoms with Gasteiger partial charge in [0.1, 0.15) is 11.9 Å². The molecular formula is C20H17ClFN3O2. The normalized spacial score (nSPS) is 16.9. The van der Waals surface area contributed by atoms with Gasteiger partial charge in [-0.25, -0.2) is 4.39 Å². The summed E-state index contributed by atoms with van der Waals surface area (Å²) in [5, 5.41) is 3.97. The zero-order chi connectivity index (χ0) is 19.0. The van der Waals surface area contributed by atoms with E-state index in [1.807, 2.05) is 31.2 Å². The molecule has 1 unspecified atom stereocenters. The largest absolute Gasteiger partial charge is 0.337 e. The van der Waals surface area contributed by atoms with Gasteiger partial charge in [0.15, 0.2) is 0 Å². The molecule has 4 rings (SSSR count). The van der Waals surface area contributed by atoms with Crippen LogP contribution < -0.4 is 0 Å². The molecule has 2 aromatic carbocycles. The highest BCUT2D eigenvalue weighted by molar-refractivity contribution is 6.31. The summed E-state index contributed by atoms with van der Waals surface area (Å²) in [6.45, 7) is 2.51. The third-order valence-corrected chi connectivity index (χ3v) is 5.00. The fourth-order valence-electron chi connectivity index (χ4n) is 3.20. The van der Waals surface area contributed by atoms with Crippen LogP contribution in [-0.2, 0) is 11.3 Å². The Morgan fingerprint density at radius 3 is 2.78 bits per heavy atom. The number of hydrogen-bond acceptors (Lipinski definition) is 4. The molecule has 1 fully saturated rings. The first-order valence-electron chi connectivity index (χ1n) is 8.65. The summed E-state index contributed by atoms with van der Waals surface area (Å²) in [4.78, 5) is 18.5. The molecule has 27 heavy (non-hydrogen) atoms. The number of aromatic nitrogens is 2. The molecule has 2 heterocycles. The van der Waals surface area contributed by atoms with Gasteiger partial charge < -0.3 is 9.42 Å². The number of nitrogens with zero attached hydrogens (tertiary/aromatic N) is 3. The maximum Gasteiger partial charge on any atom is 0.249 e. The molecule has 7 heteroatoms. The van der Waals surface area contributed by atoms with Crippen LogP contribution in [0.2, 0.25) is 5.02 Å². The second-order valence-electron chi connectivity index (χ2n) is 6.65. The molecule has 1 amide bonds. The van der Waals surface area contributed by atoms with Crippen LogP contribution in [-0.4, -0.2) is 20.9 Å². The third-order valence-electron chi connectivity index (χ3n) is 4.71. The van der Waals surface area contributed by atoms with Gasteiger partial charge in [0.05, 0.1) is 5.02 Å². The van der Waals surface area contributed by atoms with Crippen molar-refractivity contribution in [2.45, 2.75) is 32.4 Å². The number of carbonyl (C=O) groups excluding carboxylic acids is 1. The summed E-state index contributed by atoms with van der Waals surface area (Å²) in [7, 11) is 0. The van der Waals surface area contributed by atoms with Crippen LogP contribution in [0.1, 0.15) is 35.9 Å². The number of benzene rings is 2. The Morgan fingerprint density at radius 1 is 1.26 bits per heavy atom. The van der Waals surface area contributed by atoms with Crippen LogP contribution in [0.4, 0.5) is 4.39 Å². The topological polar surface area (TPSA) is 59.2 Å². The van der Waals surface area contributed by atoms with Crippen molar-refractivity contribution in [2.75, 3.05) is 0 Å². The van der Waals surface area contributed by atoms with E-state index in [1.165, 1.54) is 17.7 Å². The Balaban J connectivity index is 1.58. The van der Waals surface area contributed by atoms with Crippen molar-refractivity contribution in [3.05, 3.63) is 70.3 Å². The summed E-state index contributed by atoms with van der Waals surface area (Å²) in [6, 6.07) is 12.1. The quantitative estimate of drug-likeness (QED) is 0.653. The molecule has 0 aliphatic carbocycles.